The summed E-state index contributed by atoms with van der Waals surface area (Å²) >= 11 is 0. The molecule has 0 fully saturated rings. The highest BCUT2D eigenvalue weighted by atomic mass is 16.6. The van der Waals surface area contributed by atoms with Crippen LogP contribution in [0.4, 0.5) is 0 Å². The molecule has 1 rings (SSSR count). The SMILES string of the molecule is C=C(C)C1CCC(C)=C(C[N+](=O)[O-])C1. The van der Waals surface area contributed by atoms with E-state index in [1.807, 2.05) is 13.8 Å². The lowest BCUT2D eigenvalue weighted by Gasteiger charge is -2.24. The molecule has 3 nitrogen and oxygen atoms in total. The van der Waals surface area contributed by atoms with Crippen LogP contribution in [0.15, 0.2) is 23.3 Å². The Morgan fingerprint density at radius 2 is 2.36 bits per heavy atom. The van der Waals surface area contributed by atoms with Crippen LogP contribution in [0.2, 0.25) is 0 Å². The first-order valence-electron chi connectivity index (χ1n) is 4.95. The van der Waals surface area contributed by atoms with Gasteiger partial charge in [0, 0.05) is 4.92 Å². The lowest BCUT2D eigenvalue weighted by molar-refractivity contribution is -0.471. The zero-order valence-corrected chi connectivity index (χ0v) is 8.88. The van der Waals surface area contributed by atoms with Gasteiger partial charge >= 0.3 is 0 Å². The normalized spacial score (nSPS) is 22.3. The molecule has 1 aliphatic rings. The Bertz CT molecular complexity index is 292. The Morgan fingerprint density at radius 3 is 2.86 bits per heavy atom. The van der Waals surface area contributed by atoms with Gasteiger partial charge in [0.2, 0.25) is 6.54 Å². The fourth-order valence-electron chi connectivity index (χ4n) is 1.92. The Morgan fingerprint density at radius 1 is 1.71 bits per heavy atom. The molecule has 78 valence electrons. The molecule has 1 atom stereocenters. The fourth-order valence-corrected chi connectivity index (χ4v) is 1.92. The highest BCUT2D eigenvalue weighted by Crippen LogP contribution is 2.32. The molecule has 0 aromatic heterocycles. The van der Waals surface area contributed by atoms with Crippen molar-refractivity contribution >= 4 is 0 Å². The van der Waals surface area contributed by atoms with Gasteiger partial charge in [0.1, 0.15) is 0 Å². The average Bonchev–Trinajstić information content (AvgIpc) is 2.07. The van der Waals surface area contributed by atoms with Crippen LogP contribution in [0.3, 0.4) is 0 Å². The van der Waals surface area contributed by atoms with Crippen molar-refractivity contribution < 1.29 is 4.92 Å². The van der Waals surface area contributed by atoms with E-state index in [0.29, 0.717) is 5.92 Å². The number of hydrogen-bond donors (Lipinski definition) is 0. The predicted molar refractivity (Wildman–Crippen MR) is 56.7 cm³/mol. The van der Waals surface area contributed by atoms with Crippen molar-refractivity contribution in [3.63, 3.8) is 0 Å². The van der Waals surface area contributed by atoms with Crippen LogP contribution in [0.5, 0.6) is 0 Å². The van der Waals surface area contributed by atoms with Gasteiger partial charge in [-0.05, 0) is 44.6 Å². The third-order valence-corrected chi connectivity index (χ3v) is 2.98. The lowest BCUT2D eigenvalue weighted by Crippen LogP contribution is -2.16. The van der Waals surface area contributed by atoms with Crippen LogP contribution in [-0.4, -0.2) is 11.5 Å². The summed E-state index contributed by atoms with van der Waals surface area (Å²) in [6.07, 6.45) is 2.92. The van der Waals surface area contributed by atoms with E-state index in [4.69, 9.17) is 0 Å². The Hall–Kier alpha value is -1.12. The monoisotopic (exact) mass is 195 g/mol. The quantitative estimate of drug-likeness (QED) is 0.394. The van der Waals surface area contributed by atoms with E-state index in [0.717, 1.165) is 30.4 Å². The molecule has 0 heterocycles. The second-order valence-corrected chi connectivity index (χ2v) is 4.16. The second-order valence-electron chi connectivity index (χ2n) is 4.16. The largest absolute Gasteiger partial charge is 0.264 e. The molecule has 0 saturated heterocycles. The summed E-state index contributed by atoms with van der Waals surface area (Å²) in [4.78, 5) is 10.2. The van der Waals surface area contributed by atoms with Crippen molar-refractivity contribution in [2.45, 2.75) is 33.1 Å². The average molecular weight is 195 g/mol. The molecule has 1 unspecified atom stereocenters. The minimum absolute atomic E-state index is 0.00954. The van der Waals surface area contributed by atoms with Crippen LogP contribution in [-0.2, 0) is 0 Å². The van der Waals surface area contributed by atoms with E-state index in [1.165, 1.54) is 5.57 Å². The molecule has 14 heavy (non-hydrogen) atoms. The third kappa shape index (κ3) is 2.69. The fraction of sp³-hybridized carbons (Fsp3) is 0.636. The van der Waals surface area contributed by atoms with Gasteiger partial charge in [0.25, 0.3) is 0 Å². The first kappa shape index (κ1) is 11.0. The van der Waals surface area contributed by atoms with Crippen molar-refractivity contribution in [3.05, 3.63) is 33.4 Å². The predicted octanol–water partition coefficient (Wildman–Crippen LogP) is 2.96. The molecule has 0 radical (unpaired) electrons. The lowest BCUT2D eigenvalue weighted by atomic mass is 9.81. The summed E-state index contributed by atoms with van der Waals surface area (Å²) in [7, 11) is 0. The number of nitro groups is 1. The number of rotatable bonds is 3. The summed E-state index contributed by atoms with van der Waals surface area (Å²) < 4.78 is 0. The highest BCUT2D eigenvalue weighted by molar-refractivity contribution is 5.20. The van der Waals surface area contributed by atoms with Gasteiger partial charge in [-0.25, -0.2) is 0 Å². The van der Waals surface area contributed by atoms with Gasteiger partial charge in [0.15, 0.2) is 0 Å². The highest BCUT2D eigenvalue weighted by Gasteiger charge is 2.21. The van der Waals surface area contributed by atoms with Gasteiger partial charge < -0.3 is 0 Å². The first-order valence-corrected chi connectivity index (χ1v) is 4.95. The van der Waals surface area contributed by atoms with Crippen molar-refractivity contribution in [1.29, 1.82) is 0 Å². The van der Waals surface area contributed by atoms with E-state index in [2.05, 4.69) is 6.58 Å². The van der Waals surface area contributed by atoms with Crippen LogP contribution in [0.25, 0.3) is 0 Å². The van der Waals surface area contributed by atoms with Crippen LogP contribution in [0.1, 0.15) is 33.1 Å². The maximum Gasteiger partial charge on any atom is 0.225 e. The standard InChI is InChI=1S/C11H17NO2/c1-8(2)10-5-4-9(3)11(6-10)7-12(13)14/h10H,1,4-7H2,2-3H3. The van der Waals surface area contributed by atoms with Crippen molar-refractivity contribution in [2.24, 2.45) is 5.92 Å². The van der Waals surface area contributed by atoms with Crippen molar-refractivity contribution in [2.75, 3.05) is 6.54 Å². The molecule has 0 N–H and O–H groups in total. The van der Waals surface area contributed by atoms with E-state index >= 15 is 0 Å². The molecule has 0 amide bonds. The number of allylic oxidation sites excluding steroid dienone is 2. The third-order valence-electron chi connectivity index (χ3n) is 2.98. The maximum absolute atomic E-state index is 10.4. The molecule has 0 aliphatic heterocycles. The Balaban J connectivity index is 2.71. The van der Waals surface area contributed by atoms with Crippen LogP contribution >= 0.6 is 0 Å². The van der Waals surface area contributed by atoms with Gasteiger partial charge in [-0.2, -0.15) is 0 Å². The number of hydrogen-bond acceptors (Lipinski definition) is 2. The Labute approximate surface area is 84.7 Å². The van der Waals surface area contributed by atoms with Gasteiger partial charge in [-0.1, -0.05) is 17.7 Å². The topological polar surface area (TPSA) is 43.1 Å². The summed E-state index contributed by atoms with van der Waals surface area (Å²) in [5.41, 5.74) is 3.37. The molecule has 1 aliphatic carbocycles. The smallest absolute Gasteiger partial charge is 0.225 e. The van der Waals surface area contributed by atoms with Crippen LogP contribution in [0, 0.1) is 16.0 Å². The molecule has 0 aromatic rings. The van der Waals surface area contributed by atoms with E-state index in [9.17, 15) is 10.1 Å². The van der Waals surface area contributed by atoms with Gasteiger partial charge in [0.05, 0.1) is 0 Å². The second kappa shape index (κ2) is 4.40. The molecule has 0 spiro atoms. The summed E-state index contributed by atoms with van der Waals surface area (Å²) in [6.45, 7) is 7.95. The summed E-state index contributed by atoms with van der Waals surface area (Å²) in [5.74, 6) is 0.452. The number of nitrogens with zero attached hydrogens (tertiary/aromatic N) is 1. The maximum atomic E-state index is 10.4. The first-order chi connectivity index (χ1) is 6.50. The zero-order chi connectivity index (χ0) is 10.7. The van der Waals surface area contributed by atoms with Crippen LogP contribution < -0.4 is 0 Å². The van der Waals surface area contributed by atoms with Gasteiger partial charge in [-0.3, -0.25) is 10.1 Å². The van der Waals surface area contributed by atoms with Gasteiger partial charge in [-0.15, -0.1) is 0 Å². The molecular formula is C11H17NO2. The molecule has 0 aromatic carbocycles. The Kier molecular flexibility index (Phi) is 3.44. The van der Waals surface area contributed by atoms with Crippen molar-refractivity contribution in [3.8, 4) is 0 Å². The van der Waals surface area contributed by atoms with E-state index < -0.39 is 0 Å². The van der Waals surface area contributed by atoms with E-state index in [1.54, 1.807) is 0 Å². The zero-order valence-electron chi connectivity index (χ0n) is 8.88. The molecule has 0 bridgehead atoms. The minimum Gasteiger partial charge on any atom is -0.264 e. The summed E-state index contributed by atoms with van der Waals surface area (Å²) in [6, 6.07) is 0. The molecular weight excluding hydrogens is 178 g/mol. The summed E-state index contributed by atoms with van der Waals surface area (Å²) in [5, 5.41) is 10.4. The van der Waals surface area contributed by atoms with E-state index in [-0.39, 0.29) is 11.5 Å². The molecule has 3 heteroatoms. The minimum atomic E-state index is -0.236. The molecule has 0 saturated carbocycles. The van der Waals surface area contributed by atoms with Crippen molar-refractivity contribution in [1.82, 2.24) is 0 Å².